The van der Waals surface area contributed by atoms with Crippen molar-refractivity contribution in [2.24, 2.45) is 11.1 Å². The first-order valence-corrected chi connectivity index (χ1v) is 6.77. The van der Waals surface area contributed by atoms with Crippen LogP contribution in [0.15, 0.2) is 18.2 Å². The molecule has 0 radical (unpaired) electrons. The van der Waals surface area contributed by atoms with Gasteiger partial charge in [0, 0.05) is 18.8 Å². The molecule has 1 aromatic carbocycles. The molecule has 122 valence electrons. The van der Waals surface area contributed by atoms with Crippen LogP contribution in [0.3, 0.4) is 0 Å². The highest BCUT2D eigenvalue weighted by molar-refractivity contribution is 5.95. The SMILES string of the molecule is CN(CC(=O)Nc1cc(F)cc(F)c1)C(=O)[C@@H](N)C(C)(C)C. The van der Waals surface area contributed by atoms with Crippen LogP contribution in [-0.4, -0.2) is 36.3 Å². The summed E-state index contributed by atoms with van der Waals surface area (Å²) >= 11 is 0. The van der Waals surface area contributed by atoms with Gasteiger partial charge >= 0.3 is 0 Å². The van der Waals surface area contributed by atoms with E-state index in [0.717, 1.165) is 12.1 Å². The molecule has 0 aromatic heterocycles. The molecule has 0 aliphatic carbocycles. The maximum absolute atomic E-state index is 13.0. The number of rotatable bonds is 4. The third-order valence-electron chi connectivity index (χ3n) is 3.10. The van der Waals surface area contributed by atoms with Crippen molar-refractivity contribution in [1.29, 1.82) is 0 Å². The first-order chi connectivity index (χ1) is 10.0. The number of nitrogens with two attached hydrogens (primary N) is 1. The number of hydrogen-bond acceptors (Lipinski definition) is 3. The maximum Gasteiger partial charge on any atom is 0.243 e. The summed E-state index contributed by atoms with van der Waals surface area (Å²) in [5, 5.41) is 2.33. The van der Waals surface area contributed by atoms with Gasteiger partial charge in [-0.15, -0.1) is 0 Å². The predicted molar refractivity (Wildman–Crippen MR) is 80.1 cm³/mol. The Kier molecular flexibility index (Phi) is 5.59. The van der Waals surface area contributed by atoms with E-state index >= 15 is 0 Å². The number of likely N-dealkylation sites (N-methyl/N-ethyl adjacent to an activating group) is 1. The van der Waals surface area contributed by atoms with Crippen molar-refractivity contribution in [1.82, 2.24) is 4.90 Å². The summed E-state index contributed by atoms with van der Waals surface area (Å²) in [5.41, 5.74) is 5.39. The second-order valence-electron chi connectivity index (χ2n) is 6.24. The Hall–Kier alpha value is -2.02. The van der Waals surface area contributed by atoms with Crippen molar-refractivity contribution in [3.63, 3.8) is 0 Å². The van der Waals surface area contributed by atoms with Crippen LogP contribution in [0.5, 0.6) is 0 Å². The third-order valence-corrected chi connectivity index (χ3v) is 3.10. The van der Waals surface area contributed by atoms with Gasteiger partial charge in [0.1, 0.15) is 11.6 Å². The predicted octanol–water partition coefficient (Wildman–Crippen LogP) is 1.74. The summed E-state index contributed by atoms with van der Waals surface area (Å²) in [4.78, 5) is 25.1. The van der Waals surface area contributed by atoms with E-state index in [9.17, 15) is 18.4 Å². The minimum Gasteiger partial charge on any atom is -0.335 e. The fraction of sp³-hybridized carbons (Fsp3) is 0.467. The van der Waals surface area contributed by atoms with Crippen LogP contribution in [0, 0.1) is 17.0 Å². The lowest BCUT2D eigenvalue weighted by Crippen LogP contribution is -2.50. The van der Waals surface area contributed by atoms with Crippen LogP contribution in [0.4, 0.5) is 14.5 Å². The number of carbonyl (C=O) groups excluding carboxylic acids is 2. The van der Waals surface area contributed by atoms with Gasteiger partial charge in [-0.2, -0.15) is 0 Å². The molecule has 3 N–H and O–H groups in total. The molecule has 0 bridgehead atoms. The summed E-state index contributed by atoms with van der Waals surface area (Å²) in [6.07, 6.45) is 0. The van der Waals surface area contributed by atoms with Gasteiger partial charge in [0.2, 0.25) is 11.8 Å². The maximum atomic E-state index is 13.0. The number of hydrogen-bond donors (Lipinski definition) is 2. The standard InChI is InChI=1S/C15H21F2N3O2/c1-15(2,3)13(18)14(22)20(4)8-12(21)19-11-6-9(16)5-10(17)7-11/h5-7,13H,8,18H2,1-4H3,(H,19,21)/t13-/m1/s1. The molecule has 2 amide bonds. The average Bonchev–Trinajstić information content (AvgIpc) is 2.34. The fourth-order valence-electron chi connectivity index (χ4n) is 1.73. The average molecular weight is 313 g/mol. The molecule has 1 rings (SSSR count). The Morgan fingerprint density at radius 2 is 1.73 bits per heavy atom. The van der Waals surface area contributed by atoms with Gasteiger partial charge in [0.05, 0.1) is 12.6 Å². The first kappa shape index (κ1) is 18.0. The number of nitrogens with zero attached hydrogens (tertiary/aromatic N) is 1. The van der Waals surface area contributed by atoms with Crippen molar-refractivity contribution >= 4 is 17.5 Å². The van der Waals surface area contributed by atoms with E-state index < -0.39 is 29.0 Å². The van der Waals surface area contributed by atoms with Crippen LogP contribution in [0.1, 0.15) is 20.8 Å². The van der Waals surface area contributed by atoms with Gasteiger partial charge in [0.25, 0.3) is 0 Å². The van der Waals surface area contributed by atoms with Crippen molar-refractivity contribution in [3.05, 3.63) is 29.8 Å². The lowest BCUT2D eigenvalue weighted by molar-refractivity contribution is -0.136. The van der Waals surface area contributed by atoms with E-state index in [0.29, 0.717) is 6.07 Å². The summed E-state index contributed by atoms with van der Waals surface area (Å²) in [7, 11) is 1.44. The number of halogens is 2. The zero-order valence-corrected chi connectivity index (χ0v) is 13.1. The zero-order valence-electron chi connectivity index (χ0n) is 13.1. The first-order valence-electron chi connectivity index (χ1n) is 6.77. The quantitative estimate of drug-likeness (QED) is 0.889. The van der Waals surface area contributed by atoms with Crippen molar-refractivity contribution < 1.29 is 18.4 Å². The highest BCUT2D eigenvalue weighted by Crippen LogP contribution is 2.18. The van der Waals surface area contributed by atoms with E-state index in [4.69, 9.17) is 5.73 Å². The number of carbonyl (C=O) groups is 2. The molecule has 0 saturated carbocycles. The van der Waals surface area contributed by atoms with Gasteiger partial charge in [-0.05, 0) is 17.5 Å². The number of benzene rings is 1. The number of anilines is 1. The molecule has 0 saturated heterocycles. The second kappa shape index (κ2) is 6.83. The Morgan fingerprint density at radius 1 is 1.23 bits per heavy atom. The van der Waals surface area contributed by atoms with Crippen LogP contribution < -0.4 is 11.1 Å². The van der Waals surface area contributed by atoms with Gasteiger partial charge < -0.3 is 16.0 Å². The molecular formula is C15H21F2N3O2. The van der Waals surface area contributed by atoms with Gasteiger partial charge in [-0.3, -0.25) is 9.59 Å². The lowest BCUT2D eigenvalue weighted by atomic mass is 9.86. The molecule has 1 aromatic rings. The molecule has 7 heteroatoms. The highest BCUT2D eigenvalue weighted by Gasteiger charge is 2.30. The van der Waals surface area contributed by atoms with Crippen LogP contribution in [-0.2, 0) is 9.59 Å². The lowest BCUT2D eigenvalue weighted by Gasteiger charge is -2.29. The Bertz CT molecular complexity index is 550. The van der Waals surface area contributed by atoms with E-state index in [1.54, 1.807) is 0 Å². The number of amides is 2. The van der Waals surface area contributed by atoms with Crippen molar-refractivity contribution in [2.75, 3.05) is 18.9 Å². The van der Waals surface area contributed by atoms with Gasteiger partial charge in [-0.1, -0.05) is 20.8 Å². The Labute approximate surface area is 128 Å². The monoisotopic (exact) mass is 313 g/mol. The van der Waals surface area contributed by atoms with E-state index in [-0.39, 0.29) is 18.1 Å². The number of nitrogens with one attached hydrogen (secondary N) is 1. The summed E-state index contributed by atoms with van der Waals surface area (Å²) in [6, 6.07) is 1.93. The molecule has 1 atom stereocenters. The summed E-state index contributed by atoms with van der Waals surface area (Å²) < 4.78 is 26.1. The molecule has 22 heavy (non-hydrogen) atoms. The van der Waals surface area contributed by atoms with E-state index in [1.807, 2.05) is 20.8 Å². The van der Waals surface area contributed by atoms with Crippen molar-refractivity contribution in [3.8, 4) is 0 Å². The minimum atomic E-state index is -0.797. The molecule has 0 unspecified atom stereocenters. The molecule has 0 fully saturated rings. The van der Waals surface area contributed by atoms with Gasteiger partial charge in [-0.25, -0.2) is 8.78 Å². The van der Waals surface area contributed by atoms with E-state index in [2.05, 4.69) is 5.32 Å². The molecular weight excluding hydrogens is 292 g/mol. The smallest absolute Gasteiger partial charge is 0.243 e. The summed E-state index contributed by atoms with van der Waals surface area (Å²) in [5.74, 6) is -2.54. The van der Waals surface area contributed by atoms with Crippen molar-refractivity contribution in [2.45, 2.75) is 26.8 Å². The molecule has 0 heterocycles. The van der Waals surface area contributed by atoms with Crippen LogP contribution in [0.25, 0.3) is 0 Å². The largest absolute Gasteiger partial charge is 0.335 e. The Morgan fingerprint density at radius 3 is 2.18 bits per heavy atom. The Balaban J connectivity index is 2.66. The van der Waals surface area contributed by atoms with Crippen LogP contribution in [0.2, 0.25) is 0 Å². The zero-order chi connectivity index (χ0) is 17.1. The normalized spacial score (nSPS) is 12.7. The molecule has 5 nitrogen and oxygen atoms in total. The molecule has 0 aliphatic heterocycles. The van der Waals surface area contributed by atoms with Gasteiger partial charge in [0.15, 0.2) is 0 Å². The topological polar surface area (TPSA) is 75.4 Å². The molecule has 0 aliphatic rings. The minimum absolute atomic E-state index is 0.0107. The summed E-state index contributed by atoms with van der Waals surface area (Å²) in [6.45, 7) is 5.19. The highest BCUT2D eigenvalue weighted by atomic mass is 19.1. The third kappa shape index (κ3) is 5.07. The second-order valence-corrected chi connectivity index (χ2v) is 6.24. The molecule has 0 spiro atoms. The fourth-order valence-corrected chi connectivity index (χ4v) is 1.73. The van der Waals surface area contributed by atoms with E-state index in [1.165, 1.54) is 11.9 Å². The van der Waals surface area contributed by atoms with Crippen LogP contribution >= 0.6 is 0 Å².